The number of hydrogen-bond acceptors (Lipinski definition) is 4. The minimum atomic E-state index is -0.134. The molecule has 4 nitrogen and oxygen atoms in total. The normalized spacial score (nSPS) is 10.0. The predicted molar refractivity (Wildman–Crippen MR) is 68.4 cm³/mol. The van der Waals surface area contributed by atoms with Crippen molar-refractivity contribution in [2.45, 2.75) is 5.75 Å². The molecule has 0 saturated heterocycles. The zero-order chi connectivity index (χ0) is 11.1. The Labute approximate surface area is 106 Å². The highest BCUT2D eigenvalue weighted by Crippen LogP contribution is 2.21. The van der Waals surface area contributed by atoms with Crippen molar-refractivity contribution in [2.75, 3.05) is 19.3 Å². The largest absolute Gasteiger partial charge is 0.341 e. The van der Waals surface area contributed by atoms with Crippen LogP contribution in [0.4, 0.5) is 4.79 Å². The molecule has 7 heteroatoms. The highest BCUT2D eigenvalue weighted by atomic mass is 79.9. The van der Waals surface area contributed by atoms with Gasteiger partial charge in [0.05, 0.1) is 10.2 Å². The average molecular weight is 310 g/mol. The van der Waals surface area contributed by atoms with Crippen molar-refractivity contribution in [1.29, 1.82) is 0 Å². The molecule has 0 atom stereocenters. The summed E-state index contributed by atoms with van der Waals surface area (Å²) >= 11 is 6.62. The first-order valence-electron chi connectivity index (χ1n) is 4.36. The third kappa shape index (κ3) is 4.85. The second-order valence-electron chi connectivity index (χ2n) is 2.67. The van der Waals surface area contributed by atoms with Gasteiger partial charge in [-0.15, -0.1) is 0 Å². The molecule has 2 N–H and O–H groups in total. The molecule has 0 fully saturated rings. The van der Waals surface area contributed by atoms with Gasteiger partial charge in [-0.25, -0.2) is 4.79 Å². The van der Waals surface area contributed by atoms with Gasteiger partial charge in [-0.2, -0.15) is 16.1 Å². The summed E-state index contributed by atoms with van der Waals surface area (Å²) in [6.45, 7) is 0.673. The van der Waals surface area contributed by atoms with Crippen LogP contribution >= 0.6 is 39.2 Å². The van der Waals surface area contributed by atoms with Gasteiger partial charge in [0.15, 0.2) is 0 Å². The second-order valence-corrected chi connectivity index (χ2v) is 5.26. The Kier molecular flexibility index (Phi) is 6.04. The van der Waals surface area contributed by atoms with Crippen LogP contribution in [-0.4, -0.2) is 29.7 Å². The molecule has 0 radical (unpaired) electrons. The van der Waals surface area contributed by atoms with E-state index >= 15 is 0 Å². The average Bonchev–Trinajstić information content (AvgIpc) is 2.63. The number of nitrogens with zero attached hydrogens (tertiary/aromatic N) is 1. The van der Waals surface area contributed by atoms with Crippen LogP contribution in [0, 0.1) is 0 Å². The zero-order valence-corrected chi connectivity index (χ0v) is 11.5. The first-order chi connectivity index (χ1) is 7.24. The highest BCUT2D eigenvalue weighted by Gasteiger charge is 2.02. The van der Waals surface area contributed by atoms with E-state index in [9.17, 15) is 4.79 Å². The minimum Gasteiger partial charge on any atom is -0.341 e. The van der Waals surface area contributed by atoms with E-state index in [4.69, 9.17) is 0 Å². The molecular formula is C8H12BrN3OS2. The van der Waals surface area contributed by atoms with Crippen LogP contribution in [0.15, 0.2) is 9.85 Å². The molecule has 0 spiro atoms. The lowest BCUT2D eigenvalue weighted by atomic mass is 10.5. The van der Waals surface area contributed by atoms with Crippen LogP contribution in [0.25, 0.3) is 0 Å². The molecule has 0 saturated carbocycles. The Morgan fingerprint density at radius 1 is 1.73 bits per heavy atom. The SMILES string of the molecule is CNC(=O)NCCSCc1nscc1Br. The summed E-state index contributed by atoms with van der Waals surface area (Å²) in [6.07, 6.45) is 0. The minimum absolute atomic E-state index is 0.134. The first kappa shape index (κ1) is 12.8. The number of rotatable bonds is 5. The Balaban J connectivity index is 2.07. The molecule has 0 aliphatic carbocycles. The molecule has 1 aromatic rings. The van der Waals surface area contributed by atoms with Crippen LogP contribution < -0.4 is 10.6 Å². The number of halogens is 1. The molecule has 1 rings (SSSR count). The quantitative estimate of drug-likeness (QED) is 0.819. The maximum absolute atomic E-state index is 10.8. The summed E-state index contributed by atoms with van der Waals surface area (Å²) in [5.74, 6) is 1.76. The van der Waals surface area contributed by atoms with E-state index in [0.717, 1.165) is 21.7 Å². The molecule has 84 valence electrons. The number of hydrogen-bond donors (Lipinski definition) is 2. The summed E-state index contributed by atoms with van der Waals surface area (Å²) in [5.41, 5.74) is 1.07. The van der Waals surface area contributed by atoms with Crippen LogP contribution in [-0.2, 0) is 5.75 Å². The second kappa shape index (κ2) is 7.08. The van der Waals surface area contributed by atoms with Crippen molar-refractivity contribution < 1.29 is 4.79 Å². The fraction of sp³-hybridized carbons (Fsp3) is 0.500. The van der Waals surface area contributed by atoms with Gasteiger partial charge in [0.25, 0.3) is 0 Å². The molecule has 2 amide bonds. The molecule has 0 aliphatic rings. The van der Waals surface area contributed by atoms with Gasteiger partial charge in [0.2, 0.25) is 0 Å². The molecule has 0 bridgehead atoms. The number of carbonyl (C=O) groups excluding carboxylic acids is 1. The van der Waals surface area contributed by atoms with Gasteiger partial charge < -0.3 is 10.6 Å². The lowest BCUT2D eigenvalue weighted by molar-refractivity contribution is 0.243. The first-order valence-corrected chi connectivity index (χ1v) is 7.14. The lowest BCUT2D eigenvalue weighted by Gasteiger charge is -2.03. The van der Waals surface area contributed by atoms with Crippen LogP contribution in [0.2, 0.25) is 0 Å². The number of thioether (sulfide) groups is 1. The van der Waals surface area contributed by atoms with Crippen molar-refractivity contribution in [1.82, 2.24) is 15.0 Å². The smallest absolute Gasteiger partial charge is 0.314 e. The van der Waals surface area contributed by atoms with Gasteiger partial charge in [-0.05, 0) is 27.5 Å². The van der Waals surface area contributed by atoms with Crippen molar-refractivity contribution in [3.8, 4) is 0 Å². The van der Waals surface area contributed by atoms with Gasteiger partial charge in [0, 0.05) is 30.5 Å². The number of amides is 2. The Morgan fingerprint density at radius 3 is 3.13 bits per heavy atom. The number of aromatic nitrogens is 1. The van der Waals surface area contributed by atoms with Crippen LogP contribution in [0.3, 0.4) is 0 Å². The summed E-state index contributed by atoms with van der Waals surface area (Å²) in [5, 5.41) is 7.20. The van der Waals surface area contributed by atoms with E-state index in [1.54, 1.807) is 18.8 Å². The molecule has 0 aromatic carbocycles. The van der Waals surface area contributed by atoms with E-state index in [2.05, 4.69) is 30.9 Å². The highest BCUT2D eigenvalue weighted by molar-refractivity contribution is 9.10. The number of carbonyl (C=O) groups is 1. The van der Waals surface area contributed by atoms with Crippen molar-refractivity contribution in [3.05, 3.63) is 15.5 Å². The molecular weight excluding hydrogens is 298 g/mol. The Hall–Kier alpha value is -0.270. The van der Waals surface area contributed by atoms with Crippen LogP contribution in [0.5, 0.6) is 0 Å². The van der Waals surface area contributed by atoms with E-state index in [1.807, 2.05) is 5.38 Å². The van der Waals surface area contributed by atoms with Crippen LogP contribution in [0.1, 0.15) is 5.69 Å². The molecule has 0 aliphatic heterocycles. The summed E-state index contributed by atoms with van der Waals surface area (Å²) in [7, 11) is 1.61. The van der Waals surface area contributed by atoms with Gasteiger partial charge >= 0.3 is 6.03 Å². The van der Waals surface area contributed by atoms with Gasteiger partial charge in [0.1, 0.15) is 0 Å². The maximum Gasteiger partial charge on any atom is 0.314 e. The molecule has 0 unspecified atom stereocenters. The maximum atomic E-state index is 10.8. The summed E-state index contributed by atoms with van der Waals surface area (Å²) < 4.78 is 5.31. The topological polar surface area (TPSA) is 54.0 Å². The van der Waals surface area contributed by atoms with Crippen molar-refractivity contribution in [3.63, 3.8) is 0 Å². The van der Waals surface area contributed by atoms with Crippen molar-refractivity contribution in [2.24, 2.45) is 0 Å². The number of urea groups is 1. The zero-order valence-electron chi connectivity index (χ0n) is 8.25. The molecule has 1 heterocycles. The van der Waals surface area contributed by atoms with E-state index in [1.165, 1.54) is 11.5 Å². The summed E-state index contributed by atoms with van der Waals surface area (Å²) in [6, 6.07) is -0.134. The van der Waals surface area contributed by atoms with E-state index in [0.29, 0.717) is 6.54 Å². The number of nitrogens with one attached hydrogen (secondary N) is 2. The molecule has 15 heavy (non-hydrogen) atoms. The standard InChI is InChI=1S/C8H12BrN3OS2/c1-10-8(13)11-2-3-14-5-7-6(9)4-15-12-7/h4H,2-3,5H2,1H3,(H2,10,11,13). The van der Waals surface area contributed by atoms with Gasteiger partial charge in [-0.1, -0.05) is 0 Å². The fourth-order valence-corrected chi connectivity index (χ4v) is 3.08. The lowest BCUT2D eigenvalue weighted by Crippen LogP contribution is -2.34. The van der Waals surface area contributed by atoms with Gasteiger partial charge in [-0.3, -0.25) is 0 Å². The molecule has 1 aromatic heterocycles. The summed E-state index contributed by atoms with van der Waals surface area (Å²) in [4.78, 5) is 10.8. The fourth-order valence-electron chi connectivity index (χ4n) is 0.837. The Morgan fingerprint density at radius 2 is 2.53 bits per heavy atom. The third-order valence-electron chi connectivity index (χ3n) is 1.59. The van der Waals surface area contributed by atoms with Crippen molar-refractivity contribution >= 4 is 45.3 Å². The van der Waals surface area contributed by atoms with E-state index in [-0.39, 0.29) is 6.03 Å². The van der Waals surface area contributed by atoms with E-state index < -0.39 is 0 Å². The predicted octanol–water partition coefficient (Wildman–Crippen LogP) is 2.07. The third-order valence-corrected chi connectivity index (χ3v) is 4.22. The monoisotopic (exact) mass is 309 g/mol. The Bertz CT molecular complexity index is 319.